The van der Waals surface area contributed by atoms with E-state index in [1.807, 2.05) is 20.8 Å². The standard InChI is InChI=1S/C12H23N3O2/c1-11(2,9(16)13-4)7-15-10(17)12(3)5-6-14-8-12/h14H,5-8H2,1-4H3,(H,13,16)(H,15,17). The zero-order valence-electron chi connectivity index (χ0n) is 11.1. The quantitative estimate of drug-likeness (QED) is 0.642. The Bertz CT molecular complexity index is 307. The summed E-state index contributed by atoms with van der Waals surface area (Å²) in [6, 6.07) is 0. The third-order valence-corrected chi connectivity index (χ3v) is 3.45. The van der Waals surface area contributed by atoms with Gasteiger partial charge in [0.25, 0.3) is 0 Å². The minimum atomic E-state index is -0.577. The third-order valence-electron chi connectivity index (χ3n) is 3.45. The molecule has 5 heteroatoms. The molecule has 3 N–H and O–H groups in total. The second kappa shape index (κ2) is 5.04. The summed E-state index contributed by atoms with van der Waals surface area (Å²) in [5.41, 5.74) is -0.911. The molecule has 1 saturated heterocycles. The molecule has 5 nitrogen and oxygen atoms in total. The summed E-state index contributed by atoms with van der Waals surface area (Å²) in [5, 5.41) is 8.67. The number of rotatable bonds is 4. The lowest BCUT2D eigenvalue weighted by Crippen LogP contribution is -2.48. The summed E-state index contributed by atoms with van der Waals surface area (Å²) in [5.74, 6) is -0.0352. The Kier molecular flexibility index (Phi) is 4.14. The smallest absolute Gasteiger partial charge is 0.227 e. The Labute approximate surface area is 103 Å². The van der Waals surface area contributed by atoms with E-state index < -0.39 is 5.41 Å². The average Bonchev–Trinajstić information content (AvgIpc) is 2.73. The molecule has 1 unspecified atom stereocenters. The van der Waals surface area contributed by atoms with Crippen LogP contribution in [0.2, 0.25) is 0 Å². The van der Waals surface area contributed by atoms with Gasteiger partial charge < -0.3 is 16.0 Å². The molecule has 1 aliphatic rings. The SMILES string of the molecule is CNC(=O)C(C)(C)CNC(=O)C1(C)CCNC1. The van der Waals surface area contributed by atoms with Crippen molar-refractivity contribution in [3.63, 3.8) is 0 Å². The Hall–Kier alpha value is -1.10. The lowest BCUT2D eigenvalue weighted by Gasteiger charge is -2.27. The van der Waals surface area contributed by atoms with E-state index in [1.165, 1.54) is 0 Å². The number of hydrogen-bond acceptors (Lipinski definition) is 3. The van der Waals surface area contributed by atoms with E-state index in [4.69, 9.17) is 0 Å². The van der Waals surface area contributed by atoms with Crippen molar-refractivity contribution in [1.82, 2.24) is 16.0 Å². The Balaban J connectivity index is 2.50. The fourth-order valence-corrected chi connectivity index (χ4v) is 1.94. The zero-order valence-corrected chi connectivity index (χ0v) is 11.1. The van der Waals surface area contributed by atoms with Gasteiger partial charge in [0.2, 0.25) is 11.8 Å². The first kappa shape index (κ1) is 14.0. The fourth-order valence-electron chi connectivity index (χ4n) is 1.94. The van der Waals surface area contributed by atoms with Gasteiger partial charge >= 0.3 is 0 Å². The topological polar surface area (TPSA) is 70.2 Å². The van der Waals surface area contributed by atoms with Crippen LogP contribution in [0, 0.1) is 10.8 Å². The van der Waals surface area contributed by atoms with Gasteiger partial charge in [-0.2, -0.15) is 0 Å². The van der Waals surface area contributed by atoms with Crippen LogP contribution in [-0.4, -0.2) is 38.5 Å². The summed E-state index contributed by atoms with van der Waals surface area (Å²) < 4.78 is 0. The van der Waals surface area contributed by atoms with Crippen LogP contribution in [0.15, 0.2) is 0 Å². The minimum Gasteiger partial charge on any atom is -0.359 e. The number of amides is 2. The number of nitrogens with one attached hydrogen (secondary N) is 3. The third kappa shape index (κ3) is 3.19. The van der Waals surface area contributed by atoms with E-state index in [0.717, 1.165) is 13.0 Å². The molecule has 17 heavy (non-hydrogen) atoms. The zero-order chi connectivity index (χ0) is 13.1. The highest BCUT2D eigenvalue weighted by Crippen LogP contribution is 2.25. The minimum absolute atomic E-state index is 0.0273. The largest absolute Gasteiger partial charge is 0.359 e. The van der Waals surface area contributed by atoms with Crippen molar-refractivity contribution in [3.8, 4) is 0 Å². The molecule has 2 amide bonds. The predicted molar refractivity (Wildman–Crippen MR) is 66.5 cm³/mol. The molecular formula is C12H23N3O2. The summed E-state index contributed by atoms with van der Waals surface area (Å²) in [6.07, 6.45) is 0.846. The molecule has 0 aromatic heterocycles. The summed E-state index contributed by atoms with van der Waals surface area (Å²) >= 11 is 0. The van der Waals surface area contributed by atoms with Crippen LogP contribution in [0.1, 0.15) is 27.2 Å². The van der Waals surface area contributed by atoms with E-state index in [9.17, 15) is 9.59 Å². The number of carbonyl (C=O) groups excluding carboxylic acids is 2. The maximum Gasteiger partial charge on any atom is 0.227 e. The molecule has 0 aliphatic carbocycles. The van der Waals surface area contributed by atoms with Gasteiger partial charge in [-0.25, -0.2) is 0 Å². The van der Waals surface area contributed by atoms with Crippen LogP contribution in [0.5, 0.6) is 0 Å². The molecule has 1 rings (SSSR count). The van der Waals surface area contributed by atoms with Gasteiger partial charge in [-0.1, -0.05) is 0 Å². The van der Waals surface area contributed by atoms with Crippen LogP contribution >= 0.6 is 0 Å². The van der Waals surface area contributed by atoms with Crippen molar-refractivity contribution >= 4 is 11.8 Å². The number of carbonyl (C=O) groups is 2. The molecule has 98 valence electrons. The van der Waals surface area contributed by atoms with Gasteiger partial charge in [0.1, 0.15) is 0 Å². The van der Waals surface area contributed by atoms with Crippen molar-refractivity contribution in [2.75, 3.05) is 26.7 Å². The fraction of sp³-hybridized carbons (Fsp3) is 0.833. The lowest BCUT2D eigenvalue weighted by molar-refractivity contribution is -0.132. The maximum atomic E-state index is 12.0. The van der Waals surface area contributed by atoms with E-state index in [2.05, 4.69) is 16.0 Å². The molecule has 1 heterocycles. The second-order valence-corrected chi connectivity index (χ2v) is 5.63. The van der Waals surface area contributed by atoms with E-state index in [-0.39, 0.29) is 17.2 Å². The molecule has 1 aliphatic heterocycles. The van der Waals surface area contributed by atoms with Crippen molar-refractivity contribution in [2.24, 2.45) is 10.8 Å². The molecular weight excluding hydrogens is 218 g/mol. The van der Waals surface area contributed by atoms with Gasteiger partial charge in [0, 0.05) is 20.1 Å². The highest BCUT2D eigenvalue weighted by Gasteiger charge is 2.37. The van der Waals surface area contributed by atoms with Crippen molar-refractivity contribution < 1.29 is 9.59 Å². The summed E-state index contributed by atoms with van der Waals surface area (Å²) in [6.45, 7) is 7.54. The molecule has 0 radical (unpaired) electrons. The van der Waals surface area contributed by atoms with E-state index in [1.54, 1.807) is 7.05 Å². The van der Waals surface area contributed by atoms with E-state index >= 15 is 0 Å². The predicted octanol–water partition coefficient (Wildman–Crippen LogP) is -0.126. The summed E-state index contributed by atoms with van der Waals surface area (Å²) in [4.78, 5) is 23.6. The molecule has 0 aromatic carbocycles. The average molecular weight is 241 g/mol. The highest BCUT2D eigenvalue weighted by molar-refractivity contribution is 5.85. The Morgan fingerprint density at radius 2 is 2.06 bits per heavy atom. The lowest BCUT2D eigenvalue weighted by atomic mass is 9.87. The van der Waals surface area contributed by atoms with Crippen molar-refractivity contribution in [2.45, 2.75) is 27.2 Å². The van der Waals surface area contributed by atoms with Crippen LogP contribution in [0.3, 0.4) is 0 Å². The maximum absolute atomic E-state index is 12.0. The van der Waals surface area contributed by atoms with Crippen molar-refractivity contribution in [3.05, 3.63) is 0 Å². The molecule has 1 fully saturated rings. The normalized spacial score (nSPS) is 24.5. The first-order valence-corrected chi connectivity index (χ1v) is 6.03. The van der Waals surface area contributed by atoms with E-state index in [0.29, 0.717) is 13.1 Å². The molecule has 0 saturated carbocycles. The molecule has 0 aromatic rings. The van der Waals surface area contributed by atoms with Gasteiger partial charge in [0.05, 0.1) is 10.8 Å². The van der Waals surface area contributed by atoms with Gasteiger partial charge in [-0.15, -0.1) is 0 Å². The van der Waals surface area contributed by atoms with Crippen LogP contribution in [-0.2, 0) is 9.59 Å². The first-order valence-electron chi connectivity index (χ1n) is 6.03. The number of hydrogen-bond donors (Lipinski definition) is 3. The van der Waals surface area contributed by atoms with Gasteiger partial charge in [0.15, 0.2) is 0 Å². The Morgan fingerprint density at radius 3 is 2.53 bits per heavy atom. The van der Waals surface area contributed by atoms with Crippen LogP contribution in [0.25, 0.3) is 0 Å². The Morgan fingerprint density at radius 1 is 1.41 bits per heavy atom. The molecule has 0 bridgehead atoms. The van der Waals surface area contributed by atoms with Gasteiger partial charge in [-0.3, -0.25) is 9.59 Å². The van der Waals surface area contributed by atoms with Crippen LogP contribution < -0.4 is 16.0 Å². The van der Waals surface area contributed by atoms with Crippen molar-refractivity contribution in [1.29, 1.82) is 0 Å². The van der Waals surface area contributed by atoms with Gasteiger partial charge in [-0.05, 0) is 33.7 Å². The molecule has 1 atom stereocenters. The first-order chi connectivity index (χ1) is 7.82. The molecule has 0 spiro atoms. The van der Waals surface area contributed by atoms with Crippen LogP contribution in [0.4, 0.5) is 0 Å². The monoisotopic (exact) mass is 241 g/mol. The highest BCUT2D eigenvalue weighted by atomic mass is 16.2. The summed E-state index contributed by atoms with van der Waals surface area (Å²) in [7, 11) is 1.61. The second-order valence-electron chi connectivity index (χ2n) is 5.63.